The molecule has 0 heterocycles. The molecule has 0 atom stereocenters. The van der Waals surface area contributed by atoms with E-state index < -0.39 is 0 Å². The van der Waals surface area contributed by atoms with Gasteiger partial charge in [-0.25, -0.2) is 0 Å². The van der Waals surface area contributed by atoms with E-state index in [-0.39, 0.29) is 10.5 Å². The van der Waals surface area contributed by atoms with Gasteiger partial charge in [-0.05, 0) is 35.9 Å². The normalized spacial score (nSPS) is 12.4. The van der Waals surface area contributed by atoms with Gasteiger partial charge in [-0.1, -0.05) is 34.4 Å². The van der Waals surface area contributed by atoms with Gasteiger partial charge in [0.05, 0.1) is 0 Å². The maximum atomic E-state index is 10.0. The van der Waals surface area contributed by atoms with Crippen molar-refractivity contribution in [1.82, 2.24) is 4.90 Å². The quantitative estimate of drug-likeness (QED) is 0.432. The molecule has 3 N–H and O–H groups in total. The van der Waals surface area contributed by atoms with E-state index >= 15 is 0 Å². The van der Waals surface area contributed by atoms with E-state index in [2.05, 4.69) is 52.0 Å². The molecule has 3 nitrogen and oxygen atoms in total. The number of anilines is 1. The molecule has 0 radical (unpaired) electrons. The maximum absolute atomic E-state index is 10.0. The van der Waals surface area contributed by atoms with Crippen LogP contribution in [0.1, 0.15) is 5.56 Å². The highest BCUT2D eigenvalue weighted by Crippen LogP contribution is 2.36. The smallest absolute Gasteiger partial charge is 0.115 e. The number of nitrogens with zero attached hydrogens (tertiary/aromatic N) is 1. The summed E-state index contributed by atoms with van der Waals surface area (Å²) in [5.74, 6) is 0.295. The van der Waals surface area contributed by atoms with Gasteiger partial charge < -0.3 is 15.7 Å². The number of para-hydroxylation sites is 1. The van der Waals surface area contributed by atoms with E-state index in [1.807, 2.05) is 36.4 Å². The second-order valence-corrected chi connectivity index (χ2v) is 9.44. The Bertz CT molecular complexity index is 734. The van der Waals surface area contributed by atoms with E-state index in [0.717, 1.165) is 27.6 Å². The first kappa shape index (κ1) is 20.1. The average Bonchev–Trinajstić information content (AvgIpc) is 2.47. The Hall–Kier alpha value is -1.26. The Balaban J connectivity index is 2.40. The van der Waals surface area contributed by atoms with Crippen molar-refractivity contribution in [1.29, 1.82) is 0 Å². The lowest BCUT2D eigenvalue weighted by Crippen LogP contribution is -2.63. The molecule has 0 aromatic heterocycles. The fraction of sp³-hybridized carbons (Fsp3) is 0.200. The Labute approximate surface area is 161 Å². The summed E-state index contributed by atoms with van der Waals surface area (Å²) in [5.41, 5.74) is 7.99. The summed E-state index contributed by atoms with van der Waals surface area (Å²) in [5, 5.41) is 10.0. The van der Waals surface area contributed by atoms with Gasteiger partial charge in [-0.2, -0.15) is 0 Å². The number of phenols is 1. The second kappa shape index (κ2) is 7.55. The summed E-state index contributed by atoms with van der Waals surface area (Å²) in [6, 6.07) is 13.5. The van der Waals surface area contributed by atoms with E-state index in [4.69, 9.17) is 5.73 Å². The Morgan fingerprint density at radius 1 is 0.920 bits per heavy atom. The molecule has 0 aliphatic heterocycles. The number of phenolic OH excluding ortho intramolecular Hbond substituents is 1. The second-order valence-electron chi connectivity index (χ2n) is 8.36. The van der Waals surface area contributed by atoms with Gasteiger partial charge in [0.2, 0.25) is 0 Å². The molecule has 2 aromatic carbocycles. The first-order valence-corrected chi connectivity index (χ1v) is 9.42. The third-order valence-corrected chi connectivity index (χ3v) is 5.34. The van der Waals surface area contributed by atoms with E-state index in [0.29, 0.717) is 5.75 Å². The zero-order chi connectivity index (χ0) is 18.8. The zero-order valence-corrected chi connectivity index (χ0v) is 16.9. The van der Waals surface area contributed by atoms with Crippen LogP contribution in [0, 0.1) is 0 Å². The van der Waals surface area contributed by atoms with Gasteiger partial charge in [0.15, 0.2) is 0 Å². The van der Waals surface area contributed by atoms with Gasteiger partial charge in [0.25, 0.3) is 0 Å². The molecular formula is C15H24B6N2OS. The predicted molar refractivity (Wildman–Crippen MR) is 125 cm³/mol. The Morgan fingerprint density at radius 3 is 2.08 bits per heavy atom. The summed E-state index contributed by atoms with van der Waals surface area (Å²) in [4.78, 5) is 4.61. The molecule has 0 spiro atoms. The number of benzene rings is 2. The minimum Gasteiger partial charge on any atom is -0.508 e. The van der Waals surface area contributed by atoms with Crippen molar-refractivity contribution in [2.75, 3.05) is 5.73 Å². The van der Waals surface area contributed by atoms with Crippen molar-refractivity contribution in [3.05, 3.63) is 48.0 Å². The summed E-state index contributed by atoms with van der Waals surface area (Å²) >= 11 is 1.65. The molecule has 2 rings (SSSR count). The van der Waals surface area contributed by atoms with Gasteiger partial charge >= 0.3 is 0 Å². The highest BCUT2D eigenvalue weighted by molar-refractivity contribution is 7.99. The number of nitrogen functional groups attached to an aromatic ring is 1. The SMILES string of the molecule is BC(B)(B)N(Cc1cc(O)ccc1Sc1ccccc1N)C(B)(B)B. The molecule has 0 aliphatic rings. The Kier molecular flexibility index (Phi) is 6.05. The van der Waals surface area contributed by atoms with Crippen LogP contribution in [-0.2, 0) is 6.54 Å². The molecule has 10 heteroatoms. The van der Waals surface area contributed by atoms with Gasteiger partial charge in [0, 0.05) is 22.0 Å². The summed E-state index contributed by atoms with van der Waals surface area (Å²) in [6.45, 7) is 0.760. The molecule has 0 amide bonds. The van der Waals surface area contributed by atoms with Gasteiger partial charge in [-0.15, -0.1) is 0 Å². The lowest BCUT2D eigenvalue weighted by atomic mass is 9.40. The minimum absolute atomic E-state index is 0.0113. The predicted octanol–water partition coefficient (Wildman–Crippen LogP) is -3.05. The third kappa shape index (κ3) is 5.35. The standard InChI is InChI=1S/C15H24B6N2OS/c16-14(17,18)23(15(19,20)21)8-9-7-10(24)5-6-12(9)25-13-4-2-1-3-11(13)22/h1-7,24H,8,16-22H2. The van der Waals surface area contributed by atoms with E-state index in [1.165, 1.54) is 0 Å². The molecule has 0 fully saturated rings. The van der Waals surface area contributed by atoms with Crippen LogP contribution in [0.15, 0.2) is 52.3 Å². The highest BCUT2D eigenvalue weighted by atomic mass is 32.2. The average molecular weight is 345 g/mol. The lowest BCUT2D eigenvalue weighted by Gasteiger charge is -2.47. The van der Waals surface area contributed by atoms with Crippen LogP contribution in [0.4, 0.5) is 5.69 Å². The first-order valence-electron chi connectivity index (χ1n) is 8.60. The monoisotopic (exact) mass is 346 g/mol. The third-order valence-electron chi connectivity index (χ3n) is 4.13. The molecule has 25 heavy (non-hydrogen) atoms. The van der Waals surface area contributed by atoms with E-state index in [9.17, 15) is 5.11 Å². The van der Waals surface area contributed by atoms with Crippen molar-refractivity contribution in [3.63, 3.8) is 0 Å². The van der Waals surface area contributed by atoms with Crippen LogP contribution in [0.5, 0.6) is 5.75 Å². The molecule has 0 saturated heterocycles. The van der Waals surface area contributed by atoms with Crippen LogP contribution in [0.25, 0.3) is 0 Å². The molecule has 2 aromatic rings. The first-order chi connectivity index (χ1) is 11.5. The van der Waals surface area contributed by atoms with Crippen molar-refractivity contribution >= 4 is 64.5 Å². The van der Waals surface area contributed by atoms with Gasteiger partial charge in [0.1, 0.15) is 52.8 Å². The summed E-state index contributed by atoms with van der Waals surface area (Å²) < 4.78 is 0. The molecule has 0 aliphatic carbocycles. The van der Waals surface area contributed by atoms with Crippen LogP contribution >= 0.6 is 11.8 Å². The Morgan fingerprint density at radius 2 is 1.52 bits per heavy atom. The molecular weight excluding hydrogens is 321 g/mol. The summed E-state index contributed by atoms with van der Waals surface area (Å²) in [6.07, 6.45) is 0. The van der Waals surface area contributed by atoms with Crippen LogP contribution in [-0.4, -0.2) is 67.6 Å². The fourth-order valence-corrected chi connectivity index (χ4v) is 4.09. The zero-order valence-electron chi connectivity index (χ0n) is 16.1. The molecule has 0 unspecified atom stereocenters. The minimum atomic E-state index is 0.0113. The molecule has 124 valence electrons. The number of hydrogen-bond donors (Lipinski definition) is 2. The van der Waals surface area contributed by atoms with E-state index in [1.54, 1.807) is 17.8 Å². The maximum Gasteiger partial charge on any atom is 0.115 e. The molecule has 0 saturated carbocycles. The highest BCUT2D eigenvalue weighted by Gasteiger charge is 2.31. The molecule has 0 bridgehead atoms. The topological polar surface area (TPSA) is 49.5 Å². The van der Waals surface area contributed by atoms with Crippen LogP contribution < -0.4 is 5.73 Å². The lowest BCUT2D eigenvalue weighted by molar-refractivity contribution is 0.261. The number of aromatic hydroxyl groups is 1. The summed E-state index contributed by atoms with van der Waals surface area (Å²) in [7, 11) is 13.4. The fourth-order valence-electron chi connectivity index (χ4n) is 3.13. The van der Waals surface area contributed by atoms with Crippen LogP contribution in [0.2, 0.25) is 0 Å². The van der Waals surface area contributed by atoms with Crippen molar-refractivity contribution in [2.45, 2.75) is 26.8 Å². The van der Waals surface area contributed by atoms with Crippen molar-refractivity contribution < 1.29 is 5.11 Å². The van der Waals surface area contributed by atoms with Crippen LogP contribution in [0.3, 0.4) is 0 Å². The number of hydrogen-bond acceptors (Lipinski definition) is 4. The van der Waals surface area contributed by atoms with Crippen molar-refractivity contribution in [3.8, 4) is 5.75 Å². The number of nitrogens with two attached hydrogens (primary N) is 1. The van der Waals surface area contributed by atoms with Crippen molar-refractivity contribution in [2.24, 2.45) is 0 Å². The largest absolute Gasteiger partial charge is 0.508 e. The van der Waals surface area contributed by atoms with Gasteiger partial charge in [-0.3, -0.25) is 0 Å². The number of rotatable bonds is 6.